The van der Waals surface area contributed by atoms with E-state index in [1.165, 1.54) is 0 Å². The molecular weight excluding hydrogens is 469 g/mol. The van der Waals surface area contributed by atoms with Gasteiger partial charge in [-0.25, -0.2) is 4.79 Å². The Kier molecular flexibility index (Phi) is 8.65. The molecule has 0 aliphatic carbocycles. The van der Waals surface area contributed by atoms with Gasteiger partial charge in [0, 0.05) is 0 Å². The first kappa shape index (κ1) is 28.6. The second-order valence-electron chi connectivity index (χ2n) is 11.2. The van der Waals surface area contributed by atoms with Crippen molar-refractivity contribution in [2.45, 2.75) is 78.6 Å². The van der Waals surface area contributed by atoms with Gasteiger partial charge in [0.15, 0.2) is 0 Å². The lowest BCUT2D eigenvalue weighted by Gasteiger charge is -2.32. The Labute approximate surface area is 221 Å². The van der Waals surface area contributed by atoms with E-state index in [0.29, 0.717) is 18.9 Å². The van der Waals surface area contributed by atoms with Crippen molar-refractivity contribution >= 4 is 18.8 Å². The molecule has 1 saturated heterocycles. The molecule has 0 atom stereocenters. The van der Waals surface area contributed by atoms with Gasteiger partial charge < -0.3 is 29.2 Å². The third-order valence-electron chi connectivity index (χ3n) is 6.58. The van der Waals surface area contributed by atoms with Gasteiger partial charge in [-0.2, -0.15) is 0 Å². The van der Waals surface area contributed by atoms with E-state index >= 15 is 0 Å². The normalized spacial score (nSPS) is 17.2. The van der Waals surface area contributed by atoms with Gasteiger partial charge in [0.05, 0.1) is 17.7 Å². The summed E-state index contributed by atoms with van der Waals surface area (Å²) >= 11 is 0. The molecule has 200 valence electrons. The third-order valence-corrected chi connectivity index (χ3v) is 6.58. The molecule has 2 aromatic carbocycles. The van der Waals surface area contributed by atoms with Crippen LogP contribution in [0.4, 0.5) is 4.79 Å². The van der Waals surface area contributed by atoms with Gasteiger partial charge in [-0.1, -0.05) is 31.2 Å². The molecule has 1 aliphatic heterocycles. The number of benzene rings is 2. The smallest absolute Gasteiger partial charge is 0.491 e. The molecule has 1 fully saturated rings. The summed E-state index contributed by atoms with van der Waals surface area (Å²) in [7, 11) is -0.492. The summed E-state index contributed by atoms with van der Waals surface area (Å²) in [5, 5.41) is 12.6. The summed E-state index contributed by atoms with van der Waals surface area (Å²) in [6.07, 6.45) is 0.256. The van der Waals surface area contributed by atoms with Gasteiger partial charge in [0.2, 0.25) is 0 Å². The topological polar surface area (TPSA) is 86.3 Å². The van der Waals surface area contributed by atoms with E-state index in [1.807, 2.05) is 84.9 Å². The molecule has 0 radical (unpaired) electrons. The van der Waals surface area contributed by atoms with E-state index < -0.39 is 30.0 Å². The third kappa shape index (κ3) is 7.30. The lowest BCUT2D eigenvalue weighted by molar-refractivity contribution is 0.00578. The standard InChI is InChI=1S/C29H40BNO6/c1-9-24(30-36-28(5,6)29(7,8)37-30)25(20-10-14-22(32)15-11-20)21-12-16-23(17-13-21)34-19-18-31-26(33)35-27(2,3)4/h10-17,32H,9,18-19H2,1-8H3,(H,31,33)/b25-24-. The maximum atomic E-state index is 11.8. The lowest BCUT2D eigenvalue weighted by Crippen LogP contribution is -2.41. The minimum atomic E-state index is -0.541. The summed E-state index contributed by atoms with van der Waals surface area (Å²) in [6.45, 7) is 16.4. The van der Waals surface area contributed by atoms with Crippen molar-refractivity contribution in [1.82, 2.24) is 5.32 Å². The van der Waals surface area contributed by atoms with Crippen LogP contribution in [0.25, 0.3) is 5.57 Å². The average molecular weight is 509 g/mol. The van der Waals surface area contributed by atoms with E-state index in [9.17, 15) is 9.90 Å². The van der Waals surface area contributed by atoms with Crippen molar-refractivity contribution in [2.24, 2.45) is 0 Å². The predicted molar refractivity (Wildman–Crippen MR) is 147 cm³/mol. The van der Waals surface area contributed by atoms with Crippen LogP contribution in [-0.4, -0.2) is 48.3 Å². The number of rotatable bonds is 8. The van der Waals surface area contributed by atoms with Crippen molar-refractivity contribution in [3.8, 4) is 11.5 Å². The zero-order valence-electron chi connectivity index (χ0n) is 23.3. The van der Waals surface area contributed by atoms with Gasteiger partial charge >= 0.3 is 13.2 Å². The Balaban J connectivity index is 1.82. The van der Waals surface area contributed by atoms with E-state index in [-0.39, 0.29) is 5.75 Å². The molecule has 0 spiro atoms. The Bertz CT molecular complexity index is 1080. The second-order valence-corrected chi connectivity index (χ2v) is 11.2. The van der Waals surface area contributed by atoms with Crippen molar-refractivity contribution in [3.05, 3.63) is 65.1 Å². The Morgan fingerprint density at radius 3 is 1.95 bits per heavy atom. The summed E-state index contributed by atoms with van der Waals surface area (Å²) in [5.74, 6) is 0.897. The first-order chi connectivity index (χ1) is 17.2. The molecule has 7 nitrogen and oxygen atoms in total. The molecule has 1 heterocycles. The van der Waals surface area contributed by atoms with Crippen LogP contribution in [0.15, 0.2) is 54.0 Å². The molecule has 0 bridgehead atoms. The van der Waals surface area contributed by atoms with E-state index in [0.717, 1.165) is 28.6 Å². The summed E-state index contributed by atoms with van der Waals surface area (Å²) in [5.41, 5.74) is 2.52. The number of phenolic OH excluding ortho intramolecular Hbond substituents is 1. The van der Waals surface area contributed by atoms with Crippen LogP contribution in [0.1, 0.15) is 72.9 Å². The fraction of sp³-hybridized carbons (Fsp3) is 0.483. The molecule has 37 heavy (non-hydrogen) atoms. The average Bonchev–Trinajstić information content (AvgIpc) is 3.01. The molecule has 3 rings (SSSR count). The van der Waals surface area contributed by atoms with Crippen molar-refractivity contribution < 1.29 is 28.7 Å². The van der Waals surface area contributed by atoms with Crippen LogP contribution in [0, 0.1) is 0 Å². The fourth-order valence-corrected chi connectivity index (χ4v) is 3.97. The molecule has 2 N–H and O–H groups in total. The Hall–Kier alpha value is -2.97. The van der Waals surface area contributed by atoms with Crippen LogP contribution in [0.3, 0.4) is 0 Å². The van der Waals surface area contributed by atoms with Crippen LogP contribution in [-0.2, 0) is 14.0 Å². The van der Waals surface area contributed by atoms with Crippen molar-refractivity contribution in [2.75, 3.05) is 13.2 Å². The first-order valence-corrected chi connectivity index (χ1v) is 12.8. The highest BCUT2D eigenvalue weighted by Gasteiger charge is 2.52. The van der Waals surface area contributed by atoms with Gasteiger partial charge in [-0.05, 0) is 101 Å². The van der Waals surface area contributed by atoms with Crippen LogP contribution in [0.5, 0.6) is 11.5 Å². The largest absolute Gasteiger partial charge is 0.508 e. The Morgan fingerprint density at radius 1 is 0.946 bits per heavy atom. The lowest BCUT2D eigenvalue weighted by atomic mass is 9.71. The zero-order valence-corrected chi connectivity index (χ0v) is 23.3. The number of aromatic hydroxyl groups is 1. The van der Waals surface area contributed by atoms with Crippen LogP contribution < -0.4 is 10.1 Å². The number of alkyl carbamates (subject to hydrolysis) is 1. The molecule has 8 heteroatoms. The molecule has 1 aliphatic rings. The quantitative estimate of drug-likeness (QED) is 0.329. The predicted octanol–water partition coefficient (Wildman–Crippen LogP) is 6.14. The molecule has 0 unspecified atom stereocenters. The molecule has 0 saturated carbocycles. The second kappa shape index (κ2) is 11.2. The summed E-state index contributed by atoms with van der Waals surface area (Å²) in [6, 6.07) is 15.0. The highest BCUT2D eigenvalue weighted by atomic mass is 16.7. The van der Waals surface area contributed by atoms with Gasteiger partial charge in [-0.15, -0.1) is 0 Å². The van der Waals surface area contributed by atoms with Gasteiger partial charge in [0.1, 0.15) is 23.7 Å². The molecule has 2 aromatic rings. The first-order valence-electron chi connectivity index (χ1n) is 12.8. The van der Waals surface area contributed by atoms with Crippen molar-refractivity contribution in [1.29, 1.82) is 0 Å². The van der Waals surface area contributed by atoms with Gasteiger partial charge in [-0.3, -0.25) is 0 Å². The van der Waals surface area contributed by atoms with Crippen molar-refractivity contribution in [3.63, 3.8) is 0 Å². The highest BCUT2D eigenvalue weighted by molar-refractivity contribution is 6.56. The molecule has 1 amide bonds. The minimum Gasteiger partial charge on any atom is -0.508 e. The zero-order chi connectivity index (χ0) is 27.4. The van der Waals surface area contributed by atoms with E-state index in [1.54, 1.807) is 12.1 Å². The number of carbonyl (C=O) groups is 1. The number of hydrogen-bond donors (Lipinski definition) is 2. The highest BCUT2D eigenvalue weighted by Crippen LogP contribution is 2.42. The molecule has 0 aromatic heterocycles. The van der Waals surface area contributed by atoms with Gasteiger partial charge in [0.25, 0.3) is 0 Å². The van der Waals surface area contributed by atoms with E-state index in [2.05, 4.69) is 12.2 Å². The number of carbonyl (C=O) groups excluding carboxylic acids is 1. The summed E-state index contributed by atoms with van der Waals surface area (Å²) < 4.78 is 23.9. The SMILES string of the molecule is CC/C(B1OC(C)(C)C(C)(C)O1)=C(\c1ccc(O)cc1)c1ccc(OCCNC(=O)OC(C)(C)C)cc1. The number of amides is 1. The number of ether oxygens (including phenoxy) is 2. The Morgan fingerprint density at radius 2 is 1.46 bits per heavy atom. The number of allylic oxidation sites excluding steroid dienone is 1. The molecular formula is C29H40BNO6. The number of phenols is 1. The summed E-state index contributed by atoms with van der Waals surface area (Å²) in [4.78, 5) is 11.8. The van der Waals surface area contributed by atoms with E-state index in [4.69, 9.17) is 18.8 Å². The van der Waals surface area contributed by atoms with Crippen LogP contribution in [0.2, 0.25) is 0 Å². The maximum Gasteiger partial charge on any atom is 0.491 e. The minimum absolute atomic E-state index is 0.209. The fourth-order valence-electron chi connectivity index (χ4n) is 3.97. The number of hydrogen-bond acceptors (Lipinski definition) is 6. The number of nitrogens with one attached hydrogen (secondary N) is 1. The maximum absolute atomic E-state index is 11.8. The van der Waals surface area contributed by atoms with Crippen LogP contribution >= 0.6 is 0 Å². The monoisotopic (exact) mass is 509 g/mol.